The third-order valence-corrected chi connectivity index (χ3v) is 4.66. The second kappa shape index (κ2) is 5.35. The Morgan fingerprint density at radius 1 is 1.35 bits per heavy atom. The fraction of sp³-hybridized carbons (Fsp3) is 0.571. The van der Waals surface area contributed by atoms with Gasteiger partial charge in [-0.05, 0) is 38.8 Å². The minimum absolute atomic E-state index is 0.0765. The Morgan fingerprint density at radius 3 is 2.50 bits per heavy atom. The fourth-order valence-corrected chi connectivity index (χ4v) is 3.71. The van der Waals surface area contributed by atoms with Crippen LogP contribution in [0.3, 0.4) is 0 Å². The molecule has 1 fully saturated rings. The highest BCUT2D eigenvalue weighted by Crippen LogP contribution is 2.28. The lowest BCUT2D eigenvalue weighted by Gasteiger charge is -2.28. The van der Waals surface area contributed by atoms with E-state index in [0.29, 0.717) is 12.2 Å². The summed E-state index contributed by atoms with van der Waals surface area (Å²) in [4.78, 5) is 2.03. The molecule has 0 aliphatic heterocycles. The number of hydrogen-bond donors (Lipinski definition) is 2. The molecule has 112 valence electrons. The first-order valence-electron chi connectivity index (χ1n) is 6.74. The number of para-hydroxylation sites is 1. The SMILES string of the molecule is CN(CC(C)(C)O)c1ccccc1S(=O)(=O)NC1CC1. The van der Waals surface area contributed by atoms with Crippen LogP contribution in [-0.4, -0.2) is 38.8 Å². The molecular weight excluding hydrogens is 276 g/mol. The number of aliphatic hydroxyl groups is 1. The Hall–Kier alpha value is -1.11. The molecule has 0 aromatic heterocycles. The molecule has 1 aliphatic rings. The first-order chi connectivity index (χ1) is 9.19. The van der Waals surface area contributed by atoms with Crippen LogP contribution < -0.4 is 9.62 Å². The van der Waals surface area contributed by atoms with Crippen LogP contribution >= 0.6 is 0 Å². The zero-order valence-corrected chi connectivity index (χ0v) is 12.9. The molecule has 0 heterocycles. The van der Waals surface area contributed by atoms with Crippen LogP contribution in [0.5, 0.6) is 0 Å². The van der Waals surface area contributed by atoms with Crippen molar-refractivity contribution in [3.05, 3.63) is 24.3 Å². The minimum atomic E-state index is -3.50. The molecule has 2 rings (SSSR count). The molecule has 0 atom stereocenters. The molecule has 5 nitrogen and oxygen atoms in total. The summed E-state index contributed by atoms with van der Waals surface area (Å²) in [5.41, 5.74) is -0.294. The molecule has 6 heteroatoms. The van der Waals surface area contributed by atoms with Crippen molar-refractivity contribution in [2.45, 2.75) is 43.2 Å². The van der Waals surface area contributed by atoms with Crippen molar-refractivity contribution in [1.29, 1.82) is 0 Å². The number of hydrogen-bond acceptors (Lipinski definition) is 4. The summed E-state index contributed by atoms with van der Waals surface area (Å²) >= 11 is 0. The molecular formula is C14H22N2O3S. The van der Waals surface area contributed by atoms with Crippen molar-refractivity contribution in [2.24, 2.45) is 0 Å². The Bertz CT molecular complexity index is 574. The molecule has 20 heavy (non-hydrogen) atoms. The molecule has 1 aromatic carbocycles. The fourth-order valence-electron chi connectivity index (χ4n) is 2.15. The van der Waals surface area contributed by atoms with Crippen molar-refractivity contribution < 1.29 is 13.5 Å². The molecule has 1 aliphatic carbocycles. The molecule has 0 spiro atoms. The van der Waals surface area contributed by atoms with Crippen molar-refractivity contribution in [3.63, 3.8) is 0 Å². The lowest BCUT2D eigenvalue weighted by atomic mass is 10.1. The van der Waals surface area contributed by atoms with Gasteiger partial charge in [0.05, 0.1) is 11.3 Å². The first-order valence-corrected chi connectivity index (χ1v) is 8.22. The minimum Gasteiger partial charge on any atom is -0.389 e. The predicted molar refractivity (Wildman–Crippen MR) is 79.4 cm³/mol. The summed E-state index contributed by atoms with van der Waals surface area (Å²) in [6.45, 7) is 3.75. The lowest BCUT2D eigenvalue weighted by Crippen LogP contribution is -2.37. The molecule has 1 aromatic rings. The van der Waals surface area contributed by atoms with E-state index in [0.717, 1.165) is 12.8 Å². The number of sulfonamides is 1. The number of nitrogens with zero attached hydrogens (tertiary/aromatic N) is 1. The van der Waals surface area contributed by atoms with Gasteiger partial charge < -0.3 is 10.0 Å². The van der Waals surface area contributed by atoms with E-state index in [1.807, 2.05) is 0 Å². The standard InChI is InChI=1S/C14H22N2O3S/c1-14(2,17)10-16(3)12-6-4-5-7-13(12)20(18,19)15-11-8-9-11/h4-7,11,15,17H,8-10H2,1-3H3. The monoisotopic (exact) mass is 298 g/mol. The van der Waals surface area contributed by atoms with E-state index in [1.54, 1.807) is 50.1 Å². The predicted octanol–water partition coefficient (Wildman–Crippen LogP) is 1.33. The van der Waals surface area contributed by atoms with Crippen LogP contribution in [0.15, 0.2) is 29.2 Å². The Balaban J connectivity index is 2.30. The molecule has 0 bridgehead atoms. The summed E-state index contributed by atoms with van der Waals surface area (Å²) in [6, 6.07) is 6.94. The summed E-state index contributed by atoms with van der Waals surface area (Å²) in [6.07, 6.45) is 1.81. The van der Waals surface area contributed by atoms with Gasteiger partial charge in [0.1, 0.15) is 4.90 Å². The Labute approximate surface area is 120 Å². The second-order valence-corrected chi connectivity index (χ2v) is 7.71. The third kappa shape index (κ3) is 3.94. The first kappa shape index (κ1) is 15.3. The molecule has 0 amide bonds. The highest BCUT2D eigenvalue weighted by atomic mass is 32.2. The van der Waals surface area contributed by atoms with E-state index in [2.05, 4.69) is 4.72 Å². The highest BCUT2D eigenvalue weighted by Gasteiger charge is 2.30. The van der Waals surface area contributed by atoms with Crippen molar-refractivity contribution in [3.8, 4) is 0 Å². The normalized spacial score (nSPS) is 16.2. The van der Waals surface area contributed by atoms with Gasteiger partial charge >= 0.3 is 0 Å². The second-order valence-electron chi connectivity index (χ2n) is 6.03. The van der Waals surface area contributed by atoms with E-state index >= 15 is 0 Å². The van der Waals surface area contributed by atoms with Crippen LogP contribution in [0.4, 0.5) is 5.69 Å². The third-order valence-electron chi connectivity index (χ3n) is 3.09. The summed E-state index contributed by atoms with van der Waals surface area (Å²) < 4.78 is 27.4. The molecule has 1 saturated carbocycles. The van der Waals surface area contributed by atoms with E-state index in [9.17, 15) is 13.5 Å². The van der Waals surface area contributed by atoms with E-state index < -0.39 is 15.6 Å². The smallest absolute Gasteiger partial charge is 0.242 e. The van der Waals surface area contributed by atoms with Gasteiger partial charge in [0, 0.05) is 19.6 Å². The van der Waals surface area contributed by atoms with Gasteiger partial charge in [0.15, 0.2) is 0 Å². The zero-order valence-electron chi connectivity index (χ0n) is 12.1. The van der Waals surface area contributed by atoms with Crippen LogP contribution in [-0.2, 0) is 10.0 Å². The van der Waals surface area contributed by atoms with E-state index in [4.69, 9.17) is 0 Å². The van der Waals surface area contributed by atoms with Gasteiger partial charge in [-0.3, -0.25) is 0 Å². The maximum Gasteiger partial charge on any atom is 0.242 e. The van der Waals surface area contributed by atoms with Crippen LogP contribution in [0, 0.1) is 0 Å². The van der Waals surface area contributed by atoms with Gasteiger partial charge in [-0.15, -0.1) is 0 Å². The van der Waals surface area contributed by atoms with Gasteiger partial charge in [0.25, 0.3) is 0 Å². The molecule has 2 N–H and O–H groups in total. The Kier molecular flexibility index (Phi) is 4.09. The Morgan fingerprint density at radius 2 is 1.95 bits per heavy atom. The number of likely N-dealkylation sites (N-methyl/N-ethyl adjacent to an activating group) is 1. The topological polar surface area (TPSA) is 69.6 Å². The largest absolute Gasteiger partial charge is 0.389 e. The maximum absolute atomic E-state index is 12.4. The number of nitrogens with one attached hydrogen (secondary N) is 1. The quantitative estimate of drug-likeness (QED) is 0.831. The average Bonchev–Trinajstić information content (AvgIpc) is 3.10. The molecule has 0 saturated heterocycles. The highest BCUT2D eigenvalue weighted by molar-refractivity contribution is 7.89. The number of rotatable bonds is 6. The molecule has 0 unspecified atom stereocenters. The van der Waals surface area contributed by atoms with Crippen LogP contribution in [0.2, 0.25) is 0 Å². The van der Waals surface area contributed by atoms with Crippen molar-refractivity contribution >= 4 is 15.7 Å². The van der Waals surface area contributed by atoms with Crippen molar-refractivity contribution in [2.75, 3.05) is 18.5 Å². The van der Waals surface area contributed by atoms with Crippen LogP contribution in [0.1, 0.15) is 26.7 Å². The summed E-state index contributed by atoms with van der Waals surface area (Å²) in [7, 11) is -1.72. The summed E-state index contributed by atoms with van der Waals surface area (Å²) in [5, 5.41) is 9.89. The van der Waals surface area contributed by atoms with Gasteiger partial charge in [-0.25, -0.2) is 13.1 Å². The van der Waals surface area contributed by atoms with Gasteiger partial charge in [-0.1, -0.05) is 12.1 Å². The number of benzene rings is 1. The number of anilines is 1. The average molecular weight is 298 g/mol. The zero-order chi connectivity index (χ0) is 15.0. The summed E-state index contributed by atoms with van der Waals surface area (Å²) in [5.74, 6) is 0. The van der Waals surface area contributed by atoms with E-state index in [-0.39, 0.29) is 10.9 Å². The van der Waals surface area contributed by atoms with Gasteiger partial charge in [-0.2, -0.15) is 0 Å². The van der Waals surface area contributed by atoms with Gasteiger partial charge in [0.2, 0.25) is 10.0 Å². The molecule has 0 radical (unpaired) electrons. The van der Waals surface area contributed by atoms with Crippen LogP contribution in [0.25, 0.3) is 0 Å². The lowest BCUT2D eigenvalue weighted by molar-refractivity contribution is 0.0885. The van der Waals surface area contributed by atoms with Crippen molar-refractivity contribution in [1.82, 2.24) is 4.72 Å². The maximum atomic E-state index is 12.4. The van der Waals surface area contributed by atoms with E-state index in [1.165, 1.54) is 0 Å².